The lowest BCUT2D eigenvalue weighted by Gasteiger charge is -2.10. The van der Waals surface area contributed by atoms with E-state index >= 15 is 0 Å². The van der Waals surface area contributed by atoms with E-state index in [9.17, 15) is 0 Å². The van der Waals surface area contributed by atoms with Crippen LogP contribution in [0.3, 0.4) is 0 Å². The van der Waals surface area contributed by atoms with Crippen LogP contribution in [0, 0.1) is 0 Å². The summed E-state index contributed by atoms with van der Waals surface area (Å²) >= 11 is 0. The zero-order valence-corrected chi connectivity index (χ0v) is 18.5. The van der Waals surface area contributed by atoms with Crippen LogP contribution < -0.4 is 0 Å². The molecule has 4 aromatic heterocycles. The quantitative estimate of drug-likeness (QED) is 0.290. The summed E-state index contributed by atoms with van der Waals surface area (Å²) < 4.78 is 10.4. The fourth-order valence-electron chi connectivity index (χ4n) is 5.01. The molecular weight excluding hydrogens is 434 g/mol. The molecule has 0 amide bonds. The molecule has 0 saturated heterocycles. The third-order valence-electron chi connectivity index (χ3n) is 6.57. The Kier molecular flexibility index (Phi) is 3.57. The maximum Gasteiger partial charge on any atom is 0.238 e. The second-order valence-electron chi connectivity index (χ2n) is 8.58. The second-order valence-corrected chi connectivity index (χ2v) is 8.58. The fraction of sp³-hybridized carbons (Fsp3) is 0. The highest BCUT2D eigenvalue weighted by atomic mass is 16.3. The summed E-state index contributed by atoms with van der Waals surface area (Å²) in [7, 11) is 0. The smallest absolute Gasteiger partial charge is 0.238 e. The van der Waals surface area contributed by atoms with E-state index < -0.39 is 0 Å². The van der Waals surface area contributed by atoms with Crippen LogP contribution in [0.2, 0.25) is 0 Å². The first-order valence-electron chi connectivity index (χ1n) is 11.5. The minimum absolute atomic E-state index is 0.575. The van der Waals surface area contributed by atoms with Gasteiger partial charge in [0, 0.05) is 16.3 Å². The molecule has 0 spiro atoms. The molecule has 164 valence electrons. The summed E-state index contributed by atoms with van der Waals surface area (Å²) in [5.41, 5.74) is 7.15. The minimum Gasteiger partial charge on any atom is -0.437 e. The summed E-state index contributed by atoms with van der Waals surface area (Å²) in [4.78, 5) is 15.1. The maximum atomic E-state index is 6.27. The van der Waals surface area contributed by atoms with Crippen LogP contribution in [-0.2, 0) is 0 Å². The van der Waals surface area contributed by atoms with Gasteiger partial charge >= 0.3 is 0 Å². The topological polar surface area (TPSA) is 61.2 Å². The van der Waals surface area contributed by atoms with E-state index in [4.69, 9.17) is 19.4 Å². The van der Waals surface area contributed by atoms with Crippen molar-refractivity contribution < 1.29 is 4.42 Å². The van der Waals surface area contributed by atoms with Gasteiger partial charge in [0.2, 0.25) is 17.4 Å². The van der Waals surface area contributed by atoms with E-state index in [1.807, 2.05) is 77.4 Å². The van der Waals surface area contributed by atoms with Crippen LogP contribution in [0.15, 0.2) is 108 Å². The monoisotopic (exact) mass is 451 g/mol. The number of aromatic nitrogens is 5. The minimum atomic E-state index is 0.575. The molecule has 8 aromatic rings. The first-order chi connectivity index (χ1) is 17.4. The van der Waals surface area contributed by atoms with Crippen molar-refractivity contribution in [1.29, 1.82) is 0 Å². The largest absolute Gasteiger partial charge is 0.437 e. The predicted molar refractivity (Wildman–Crippen MR) is 138 cm³/mol. The van der Waals surface area contributed by atoms with Crippen molar-refractivity contribution in [1.82, 2.24) is 23.9 Å². The average molecular weight is 451 g/mol. The van der Waals surface area contributed by atoms with Gasteiger partial charge in [0.1, 0.15) is 11.1 Å². The molecule has 0 N–H and O–H groups in total. The molecule has 4 heterocycles. The van der Waals surface area contributed by atoms with Gasteiger partial charge in [0.25, 0.3) is 0 Å². The number of para-hydroxylation sites is 4. The lowest BCUT2D eigenvalue weighted by Crippen LogP contribution is -2.04. The molecule has 0 fully saturated rings. The first-order valence-corrected chi connectivity index (χ1v) is 11.5. The van der Waals surface area contributed by atoms with Gasteiger partial charge in [-0.1, -0.05) is 72.8 Å². The van der Waals surface area contributed by atoms with Crippen LogP contribution in [0.1, 0.15) is 0 Å². The van der Waals surface area contributed by atoms with Crippen molar-refractivity contribution in [3.63, 3.8) is 0 Å². The van der Waals surface area contributed by atoms with Gasteiger partial charge in [-0.25, -0.2) is 23.9 Å². The standard InChI is InChI=1S/C29H17N5O/c1-2-10-18(11-3-1)25-19-12-4-6-14-21(19)30-28(31-25)34-23-16-8-7-15-22(23)33-27-26(32-29(33)34)20-13-5-9-17-24(20)35-27/h1-17H. The fourth-order valence-corrected chi connectivity index (χ4v) is 5.01. The zero-order chi connectivity index (χ0) is 22.9. The number of rotatable bonds is 2. The molecule has 0 aliphatic rings. The summed E-state index contributed by atoms with van der Waals surface area (Å²) in [6, 6.07) is 34.6. The first kappa shape index (κ1) is 18.5. The second kappa shape index (κ2) is 6.77. The molecule has 0 aliphatic heterocycles. The summed E-state index contributed by atoms with van der Waals surface area (Å²) in [5.74, 6) is 1.30. The van der Waals surface area contributed by atoms with Crippen molar-refractivity contribution in [3.8, 4) is 17.2 Å². The molecule has 0 aliphatic carbocycles. The number of hydrogen-bond acceptors (Lipinski definition) is 4. The Morgan fingerprint density at radius 1 is 0.600 bits per heavy atom. The molecule has 0 atom stereocenters. The van der Waals surface area contributed by atoms with Gasteiger partial charge in [0.05, 0.1) is 22.2 Å². The average Bonchev–Trinajstić information content (AvgIpc) is 3.55. The Balaban J connectivity index is 1.53. The van der Waals surface area contributed by atoms with Crippen molar-refractivity contribution in [2.75, 3.05) is 0 Å². The highest BCUT2D eigenvalue weighted by Gasteiger charge is 2.23. The number of hydrogen-bond donors (Lipinski definition) is 0. The SMILES string of the molecule is c1ccc(-c2nc(-n3c4ccccc4n4c5oc6ccccc6c5nc34)nc3ccccc23)cc1. The molecule has 0 bridgehead atoms. The van der Waals surface area contributed by atoms with Crippen molar-refractivity contribution in [3.05, 3.63) is 103 Å². The van der Waals surface area contributed by atoms with Crippen LogP contribution in [0.4, 0.5) is 0 Å². The van der Waals surface area contributed by atoms with E-state index in [-0.39, 0.29) is 0 Å². The van der Waals surface area contributed by atoms with Gasteiger partial charge in [0.15, 0.2) is 0 Å². The molecule has 0 saturated carbocycles. The lowest BCUT2D eigenvalue weighted by molar-refractivity contribution is 0.651. The Hall–Kier alpha value is -4.97. The van der Waals surface area contributed by atoms with E-state index in [2.05, 4.69) is 34.7 Å². The summed E-state index contributed by atoms with van der Waals surface area (Å²) in [6.07, 6.45) is 0. The van der Waals surface area contributed by atoms with Gasteiger partial charge < -0.3 is 4.42 Å². The number of nitrogens with zero attached hydrogens (tertiary/aromatic N) is 5. The lowest BCUT2D eigenvalue weighted by atomic mass is 10.1. The molecule has 6 nitrogen and oxygen atoms in total. The Labute approximate surface area is 198 Å². The highest BCUT2D eigenvalue weighted by Crippen LogP contribution is 2.34. The van der Waals surface area contributed by atoms with Gasteiger partial charge in [-0.3, -0.25) is 0 Å². The van der Waals surface area contributed by atoms with Crippen molar-refractivity contribution >= 4 is 49.9 Å². The van der Waals surface area contributed by atoms with E-state index in [0.717, 1.165) is 61.2 Å². The molecule has 0 radical (unpaired) electrons. The number of benzene rings is 4. The van der Waals surface area contributed by atoms with Crippen molar-refractivity contribution in [2.45, 2.75) is 0 Å². The molecule has 35 heavy (non-hydrogen) atoms. The van der Waals surface area contributed by atoms with E-state index in [0.29, 0.717) is 5.95 Å². The van der Waals surface area contributed by atoms with Crippen LogP contribution in [0.25, 0.3) is 67.1 Å². The molecule has 8 rings (SSSR count). The molecule has 6 heteroatoms. The summed E-state index contributed by atoms with van der Waals surface area (Å²) in [5, 5.41) is 2.00. The Bertz CT molecular complexity index is 2060. The Morgan fingerprint density at radius 3 is 2.20 bits per heavy atom. The molecular formula is C29H17N5O. The van der Waals surface area contributed by atoms with Crippen LogP contribution >= 0.6 is 0 Å². The maximum absolute atomic E-state index is 6.27. The number of imidazole rings is 2. The normalized spacial score (nSPS) is 12.0. The van der Waals surface area contributed by atoms with Gasteiger partial charge in [-0.05, 0) is 30.3 Å². The third kappa shape index (κ3) is 2.50. The van der Waals surface area contributed by atoms with Crippen LogP contribution in [0.5, 0.6) is 0 Å². The van der Waals surface area contributed by atoms with Crippen LogP contribution in [-0.4, -0.2) is 23.9 Å². The predicted octanol–water partition coefficient (Wildman–Crippen LogP) is 6.79. The highest BCUT2D eigenvalue weighted by molar-refractivity contribution is 6.04. The van der Waals surface area contributed by atoms with Crippen molar-refractivity contribution in [2.24, 2.45) is 0 Å². The number of fused-ring (bicyclic) bond motifs is 8. The third-order valence-corrected chi connectivity index (χ3v) is 6.57. The summed E-state index contributed by atoms with van der Waals surface area (Å²) in [6.45, 7) is 0. The molecule has 4 aromatic carbocycles. The Morgan fingerprint density at radius 2 is 1.31 bits per heavy atom. The number of furan rings is 1. The van der Waals surface area contributed by atoms with Gasteiger partial charge in [-0.15, -0.1) is 0 Å². The zero-order valence-electron chi connectivity index (χ0n) is 18.5. The van der Waals surface area contributed by atoms with Gasteiger partial charge in [-0.2, -0.15) is 0 Å². The van der Waals surface area contributed by atoms with E-state index in [1.54, 1.807) is 0 Å². The molecule has 0 unspecified atom stereocenters. The van der Waals surface area contributed by atoms with E-state index in [1.165, 1.54) is 0 Å².